The Morgan fingerprint density at radius 1 is 1.26 bits per heavy atom. The summed E-state index contributed by atoms with van der Waals surface area (Å²) in [6.45, 7) is 5.33. The molecule has 104 valence electrons. The summed E-state index contributed by atoms with van der Waals surface area (Å²) < 4.78 is 5.30. The van der Waals surface area contributed by atoms with Crippen LogP contribution in [0.5, 0.6) is 0 Å². The molecule has 0 aromatic heterocycles. The maximum atomic E-state index is 12.4. The van der Waals surface area contributed by atoms with Gasteiger partial charge in [-0.2, -0.15) is 0 Å². The van der Waals surface area contributed by atoms with Crippen LogP contribution in [0.3, 0.4) is 0 Å². The van der Waals surface area contributed by atoms with Gasteiger partial charge in [-0.3, -0.25) is 4.79 Å². The van der Waals surface area contributed by atoms with Crippen LogP contribution >= 0.6 is 0 Å². The SMILES string of the molecule is CC(C)(C(=O)NC1CCOCC1)c1ccc(N)cc1. The van der Waals surface area contributed by atoms with Gasteiger partial charge in [-0.1, -0.05) is 12.1 Å². The molecule has 3 N–H and O–H groups in total. The Labute approximate surface area is 114 Å². The zero-order valence-corrected chi connectivity index (χ0v) is 11.6. The van der Waals surface area contributed by atoms with Crippen molar-refractivity contribution in [3.05, 3.63) is 29.8 Å². The molecule has 1 aromatic carbocycles. The number of nitrogens with two attached hydrogens (primary N) is 1. The normalized spacial score (nSPS) is 17.2. The van der Waals surface area contributed by atoms with Gasteiger partial charge in [0.15, 0.2) is 0 Å². The highest BCUT2D eigenvalue weighted by atomic mass is 16.5. The molecular weight excluding hydrogens is 240 g/mol. The largest absolute Gasteiger partial charge is 0.399 e. The van der Waals surface area contributed by atoms with Crippen LogP contribution in [-0.2, 0) is 14.9 Å². The number of carbonyl (C=O) groups is 1. The van der Waals surface area contributed by atoms with E-state index in [1.165, 1.54) is 0 Å². The van der Waals surface area contributed by atoms with Gasteiger partial charge in [0.2, 0.25) is 5.91 Å². The fraction of sp³-hybridized carbons (Fsp3) is 0.533. The van der Waals surface area contributed by atoms with Crippen molar-refractivity contribution in [3.8, 4) is 0 Å². The first kappa shape index (κ1) is 13.9. The lowest BCUT2D eigenvalue weighted by atomic mass is 9.83. The van der Waals surface area contributed by atoms with Crippen LogP contribution in [0.4, 0.5) is 5.69 Å². The lowest BCUT2D eigenvalue weighted by molar-refractivity contribution is -0.127. The second-order valence-electron chi connectivity index (χ2n) is 5.61. The lowest BCUT2D eigenvalue weighted by Crippen LogP contribution is -2.47. The highest BCUT2D eigenvalue weighted by molar-refractivity contribution is 5.87. The number of benzene rings is 1. The van der Waals surface area contributed by atoms with Crippen molar-refractivity contribution in [1.82, 2.24) is 5.32 Å². The number of nitrogens with one attached hydrogen (secondary N) is 1. The number of carbonyl (C=O) groups excluding carboxylic acids is 1. The highest BCUT2D eigenvalue weighted by Gasteiger charge is 2.31. The van der Waals surface area contributed by atoms with E-state index in [2.05, 4.69) is 5.32 Å². The molecule has 4 heteroatoms. The van der Waals surface area contributed by atoms with Crippen LogP contribution in [0.2, 0.25) is 0 Å². The molecule has 0 radical (unpaired) electrons. The molecule has 0 atom stereocenters. The summed E-state index contributed by atoms with van der Waals surface area (Å²) >= 11 is 0. The minimum Gasteiger partial charge on any atom is -0.399 e. The minimum absolute atomic E-state index is 0.0594. The molecule has 1 aliphatic heterocycles. The van der Waals surface area contributed by atoms with Crippen molar-refractivity contribution in [2.24, 2.45) is 0 Å². The Bertz CT molecular complexity index is 434. The van der Waals surface area contributed by atoms with E-state index in [4.69, 9.17) is 10.5 Å². The molecule has 1 heterocycles. The maximum Gasteiger partial charge on any atom is 0.230 e. The second-order valence-corrected chi connectivity index (χ2v) is 5.61. The van der Waals surface area contributed by atoms with Gasteiger partial charge in [-0.25, -0.2) is 0 Å². The molecule has 0 bridgehead atoms. The highest BCUT2D eigenvalue weighted by Crippen LogP contribution is 2.25. The summed E-state index contributed by atoms with van der Waals surface area (Å²) in [6, 6.07) is 7.73. The smallest absolute Gasteiger partial charge is 0.230 e. The van der Waals surface area contributed by atoms with Crippen LogP contribution in [0, 0.1) is 0 Å². The van der Waals surface area contributed by atoms with E-state index >= 15 is 0 Å². The number of ether oxygens (including phenoxy) is 1. The summed E-state index contributed by atoms with van der Waals surface area (Å²) in [5.74, 6) is 0.0594. The topological polar surface area (TPSA) is 64.3 Å². The van der Waals surface area contributed by atoms with E-state index in [0.29, 0.717) is 5.69 Å². The zero-order chi connectivity index (χ0) is 13.9. The van der Waals surface area contributed by atoms with E-state index in [-0.39, 0.29) is 11.9 Å². The quantitative estimate of drug-likeness (QED) is 0.817. The van der Waals surface area contributed by atoms with Gasteiger partial charge < -0.3 is 15.8 Å². The first-order valence-electron chi connectivity index (χ1n) is 6.75. The van der Waals surface area contributed by atoms with Gasteiger partial charge in [-0.15, -0.1) is 0 Å². The molecule has 0 unspecified atom stereocenters. The van der Waals surface area contributed by atoms with Crippen molar-refractivity contribution in [2.45, 2.75) is 38.1 Å². The van der Waals surface area contributed by atoms with Crippen molar-refractivity contribution in [1.29, 1.82) is 0 Å². The first-order valence-corrected chi connectivity index (χ1v) is 6.75. The second kappa shape index (κ2) is 5.61. The Balaban J connectivity index is 2.05. The monoisotopic (exact) mass is 262 g/mol. The average molecular weight is 262 g/mol. The Morgan fingerprint density at radius 3 is 2.42 bits per heavy atom. The van der Waals surface area contributed by atoms with E-state index in [1.807, 2.05) is 38.1 Å². The van der Waals surface area contributed by atoms with Crippen molar-refractivity contribution in [3.63, 3.8) is 0 Å². The molecule has 1 aromatic rings. The van der Waals surface area contributed by atoms with Crippen LogP contribution in [0.15, 0.2) is 24.3 Å². The molecule has 0 aliphatic carbocycles. The van der Waals surface area contributed by atoms with E-state index in [0.717, 1.165) is 31.6 Å². The molecule has 0 spiro atoms. The number of hydrogen-bond donors (Lipinski definition) is 2. The van der Waals surface area contributed by atoms with E-state index in [1.54, 1.807) is 0 Å². The van der Waals surface area contributed by atoms with Gasteiger partial charge in [0, 0.05) is 24.9 Å². The van der Waals surface area contributed by atoms with E-state index in [9.17, 15) is 4.79 Å². The fourth-order valence-electron chi connectivity index (χ4n) is 2.24. The molecule has 1 aliphatic rings. The molecule has 19 heavy (non-hydrogen) atoms. The number of hydrogen-bond acceptors (Lipinski definition) is 3. The summed E-state index contributed by atoms with van der Waals surface area (Å²) in [7, 11) is 0. The summed E-state index contributed by atoms with van der Waals surface area (Å²) in [5, 5.41) is 3.12. The number of amides is 1. The fourth-order valence-corrected chi connectivity index (χ4v) is 2.24. The van der Waals surface area contributed by atoms with Gasteiger partial charge in [-0.05, 0) is 44.4 Å². The van der Waals surface area contributed by atoms with Gasteiger partial charge in [0.25, 0.3) is 0 Å². The molecule has 2 rings (SSSR count). The Hall–Kier alpha value is -1.55. The zero-order valence-electron chi connectivity index (χ0n) is 11.6. The van der Waals surface area contributed by atoms with Crippen LogP contribution in [-0.4, -0.2) is 25.2 Å². The average Bonchev–Trinajstić information content (AvgIpc) is 2.40. The van der Waals surface area contributed by atoms with Gasteiger partial charge in [0.1, 0.15) is 0 Å². The van der Waals surface area contributed by atoms with E-state index < -0.39 is 5.41 Å². The standard InChI is InChI=1S/C15H22N2O2/c1-15(2,11-3-5-12(16)6-4-11)14(18)17-13-7-9-19-10-8-13/h3-6,13H,7-10,16H2,1-2H3,(H,17,18). The predicted octanol–water partition coefficient (Wildman–Crippen LogP) is 1.84. The predicted molar refractivity (Wildman–Crippen MR) is 75.9 cm³/mol. The van der Waals surface area contributed by atoms with Crippen LogP contribution in [0.1, 0.15) is 32.3 Å². The van der Waals surface area contributed by atoms with Crippen LogP contribution in [0.25, 0.3) is 0 Å². The number of anilines is 1. The number of rotatable bonds is 3. The Morgan fingerprint density at radius 2 is 1.84 bits per heavy atom. The molecular formula is C15H22N2O2. The lowest BCUT2D eigenvalue weighted by Gasteiger charge is -2.29. The molecule has 0 saturated carbocycles. The molecule has 1 amide bonds. The minimum atomic E-state index is -0.550. The first-order chi connectivity index (χ1) is 9.00. The van der Waals surface area contributed by atoms with Gasteiger partial charge in [0.05, 0.1) is 5.41 Å². The molecule has 4 nitrogen and oxygen atoms in total. The maximum absolute atomic E-state index is 12.4. The third kappa shape index (κ3) is 3.26. The third-order valence-electron chi connectivity index (χ3n) is 3.76. The van der Waals surface area contributed by atoms with Gasteiger partial charge >= 0.3 is 0 Å². The van der Waals surface area contributed by atoms with Crippen molar-refractivity contribution in [2.75, 3.05) is 18.9 Å². The third-order valence-corrected chi connectivity index (χ3v) is 3.76. The molecule has 1 fully saturated rings. The summed E-state index contributed by atoms with van der Waals surface area (Å²) in [6.07, 6.45) is 1.78. The number of nitrogen functional groups attached to an aromatic ring is 1. The van der Waals surface area contributed by atoms with Crippen LogP contribution < -0.4 is 11.1 Å². The molecule has 1 saturated heterocycles. The summed E-state index contributed by atoms with van der Waals surface area (Å²) in [5.41, 5.74) is 6.82. The summed E-state index contributed by atoms with van der Waals surface area (Å²) in [4.78, 5) is 12.4. The van der Waals surface area contributed by atoms with Crippen molar-refractivity contribution >= 4 is 11.6 Å². The van der Waals surface area contributed by atoms with Crippen molar-refractivity contribution < 1.29 is 9.53 Å². The Kier molecular flexibility index (Phi) is 4.10.